The summed E-state index contributed by atoms with van der Waals surface area (Å²) in [5.74, 6) is -1.78. The number of likely N-dealkylation sites (N-methyl/N-ethyl adjacent to an activating group) is 1. The average Bonchev–Trinajstić information content (AvgIpc) is 2.98. The van der Waals surface area contributed by atoms with Gasteiger partial charge in [0.1, 0.15) is 5.82 Å². The zero-order valence-corrected chi connectivity index (χ0v) is 13.9. The number of carbonyl (C=O) groups is 1. The molecule has 1 fully saturated rings. The second-order valence-electron chi connectivity index (χ2n) is 5.93. The summed E-state index contributed by atoms with van der Waals surface area (Å²) < 4.78 is 31.4. The van der Waals surface area contributed by atoms with Crippen LogP contribution in [0.15, 0.2) is 30.3 Å². The van der Waals surface area contributed by atoms with Gasteiger partial charge in [-0.25, -0.2) is 13.6 Å². The average molecular weight is 348 g/mol. The first kappa shape index (κ1) is 17.2. The van der Waals surface area contributed by atoms with Gasteiger partial charge >= 0.3 is 5.97 Å². The molecule has 2 atom stereocenters. The summed E-state index contributed by atoms with van der Waals surface area (Å²) >= 11 is 0. The Bertz CT molecular complexity index is 770. The highest BCUT2D eigenvalue weighted by molar-refractivity contribution is 5.86. The van der Waals surface area contributed by atoms with E-state index in [0.29, 0.717) is 11.4 Å². The zero-order chi connectivity index (χ0) is 18.0. The first-order valence-corrected chi connectivity index (χ1v) is 7.83. The standard InChI is InChI=1S/C17H18F2N4O2/c1-23-8-7-13(16(23)10-3-4-11(18)12(19)9-10)20-15-6-5-14(21-22-15)17(24)25-2/h3-6,9,13,16H,7-8H2,1-2H3,(H,20,22)/t13-,16-/m1/s1. The number of anilines is 1. The molecule has 0 saturated carbocycles. The normalized spacial score (nSPS) is 20.5. The number of methoxy groups -OCH3 is 1. The van der Waals surface area contributed by atoms with Crippen LogP contribution in [0.5, 0.6) is 0 Å². The Morgan fingerprint density at radius 3 is 2.68 bits per heavy atom. The van der Waals surface area contributed by atoms with Gasteiger partial charge < -0.3 is 10.1 Å². The number of esters is 1. The molecule has 1 aliphatic heterocycles. The number of aromatic nitrogens is 2. The molecular formula is C17H18F2N4O2. The first-order chi connectivity index (χ1) is 12.0. The van der Waals surface area contributed by atoms with Crippen molar-refractivity contribution < 1.29 is 18.3 Å². The summed E-state index contributed by atoms with van der Waals surface area (Å²) in [6, 6.07) is 6.93. The van der Waals surface area contributed by atoms with Crippen LogP contribution in [0.1, 0.15) is 28.5 Å². The van der Waals surface area contributed by atoms with E-state index in [1.165, 1.54) is 19.2 Å². The van der Waals surface area contributed by atoms with E-state index in [0.717, 1.165) is 19.0 Å². The van der Waals surface area contributed by atoms with Crippen molar-refractivity contribution in [1.82, 2.24) is 15.1 Å². The number of nitrogens with one attached hydrogen (secondary N) is 1. The molecule has 1 aromatic heterocycles. The predicted molar refractivity (Wildman–Crippen MR) is 87.1 cm³/mol. The summed E-state index contributed by atoms with van der Waals surface area (Å²) in [4.78, 5) is 13.5. The Labute approximate surface area is 143 Å². The minimum Gasteiger partial charge on any atom is -0.464 e. The van der Waals surface area contributed by atoms with E-state index >= 15 is 0 Å². The van der Waals surface area contributed by atoms with Gasteiger partial charge in [0.25, 0.3) is 0 Å². The summed E-state index contributed by atoms with van der Waals surface area (Å²) in [7, 11) is 3.20. The lowest BCUT2D eigenvalue weighted by molar-refractivity contribution is 0.0592. The highest BCUT2D eigenvalue weighted by Gasteiger charge is 2.33. The van der Waals surface area contributed by atoms with Crippen LogP contribution in [0, 0.1) is 11.6 Å². The maximum absolute atomic E-state index is 13.6. The number of rotatable bonds is 4. The molecule has 3 rings (SSSR count). The Morgan fingerprint density at radius 1 is 1.24 bits per heavy atom. The van der Waals surface area contributed by atoms with Crippen molar-refractivity contribution in [3.63, 3.8) is 0 Å². The molecule has 0 amide bonds. The fourth-order valence-corrected chi connectivity index (χ4v) is 3.09. The third-order valence-corrected chi connectivity index (χ3v) is 4.33. The van der Waals surface area contributed by atoms with E-state index in [9.17, 15) is 13.6 Å². The maximum atomic E-state index is 13.6. The van der Waals surface area contributed by atoms with Crippen LogP contribution in [-0.4, -0.2) is 47.8 Å². The number of nitrogens with zero attached hydrogens (tertiary/aromatic N) is 3. The summed E-state index contributed by atoms with van der Waals surface area (Å²) in [6.45, 7) is 0.801. The zero-order valence-electron chi connectivity index (χ0n) is 13.9. The summed E-state index contributed by atoms with van der Waals surface area (Å²) in [5, 5.41) is 11.1. The van der Waals surface area contributed by atoms with Gasteiger partial charge in [-0.15, -0.1) is 10.2 Å². The lowest BCUT2D eigenvalue weighted by Gasteiger charge is -2.26. The van der Waals surface area contributed by atoms with Crippen LogP contribution < -0.4 is 5.32 Å². The smallest absolute Gasteiger partial charge is 0.358 e. The van der Waals surface area contributed by atoms with Crippen molar-refractivity contribution in [2.45, 2.75) is 18.5 Å². The van der Waals surface area contributed by atoms with E-state index < -0.39 is 17.6 Å². The van der Waals surface area contributed by atoms with Gasteiger partial charge in [-0.1, -0.05) is 6.07 Å². The molecule has 0 aliphatic carbocycles. The quantitative estimate of drug-likeness (QED) is 0.856. The van der Waals surface area contributed by atoms with Crippen molar-refractivity contribution in [3.05, 3.63) is 53.2 Å². The van der Waals surface area contributed by atoms with Gasteiger partial charge in [-0.3, -0.25) is 4.90 Å². The molecule has 0 unspecified atom stereocenters. The highest BCUT2D eigenvalue weighted by atomic mass is 19.2. The number of hydrogen-bond donors (Lipinski definition) is 1. The topological polar surface area (TPSA) is 67.3 Å². The van der Waals surface area contributed by atoms with Crippen molar-refractivity contribution in [3.8, 4) is 0 Å². The van der Waals surface area contributed by atoms with Crippen LogP contribution in [-0.2, 0) is 4.74 Å². The molecule has 132 valence electrons. The molecule has 0 bridgehead atoms. The Hall–Kier alpha value is -2.61. The number of carbonyl (C=O) groups excluding carboxylic acids is 1. The van der Waals surface area contributed by atoms with E-state index in [1.54, 1.807) is 12.1 Å². The van der Waals surface area contributed by atoms with Crippen molar-refractivity contribution >= 4 is 11.8 Å². The first-order valence-electron chi connectivity index (χ1n) is 7.83. The second kappa shape index (κ2) is 7.10. The Balaban J connectivity index is 1.78. The molecular weight excluding hydrogens is 330 g/mol. The van der Waals surface area contributed by atoms with E-state index in [-0.39, 0.29) is 17.8 Å². The third-order valence-electron chi connectivity index (χ3n) is 4.33. The minimum absolute atomic E-state index is 0.0480. The molecule has 1 saturated heterocycles. The molecule has 8 heteroatoms. The number of halogens is 2. The Morgan fingerprint density at radius 2 is 2.04 bits per heavy atom. The molecule has 2 aromatic rings. The van der Waals surface area contributed by atoms with E-state index in [4.69, 9.17) is 0 Å². The molecule has 6 nitrogen and oxygen atoms in total. The second-order valence-corrected chi connectivity index (χ2v) is 5.93. The monoisotopic (exact) mass is 348 g/mol. The van der Waals surface area contributed by atoms with Gasteiger partial charge in [0.05, 0.1) is 13.2 Å². The van der Waals surface area contributed by atoms with Crippen LogP contribution in [0.3, 0.4) is 0 Å². The fraction of sp³-hybridized carbons (Fsp3) is 0.353. The molecule has 1 aliphatic rings. The number of hydrogen-bond acceptors (Lipinski definition) is 6. The molecule has 1 N–H and O–H groups in total. The van der Waals surface area contributed by atoms with Crippen LogP contribution in [0.2, 0.25) is 0 Å². The Kier molecular flexibility index (Phi) is 4.89. The van der Waals surface area contributed by atoms with Crippen molar-refractivity contribution in [1.29, 1.82) is 0 Å². The van der Waals surface area contributed by atoms with Gasteiger partial charge in [-0.05, 0) is 43.3 Å². The minimum atomic E-state index is -0.863. The number of likely N-dealkylation sites (tertiary alicyclic amines) is 1. The summed E-state index contributed by atoms with van der Waals surface area (Å²) in [6.07, 6.45) is 0.806. The molecule has 1 aromatic carbocycles. The maximum Gasteiger partial charge on any atom is 0.358 e. The van der Waals surface area contributed by atoms with Crippen molar-refractivity contribution in [2.24, 2.45) is 0 Å². The van der Waals surface area contributed by atoms with Gasteiger partial charge in [0, 0.05) is 12.6 Å². The predicted octanol–water partition coefficient (Wildman–Crippen LogP) is 2.40. The number of ether oxygens (including phenoxy) is 1. The molecule has 0 radical (unpaired) electrons. The van der Waals surface area contributed by atoms with E-state index in [2.05, 4.69) is 25.2 Å². The van der Waals surface area contributed by atoms with Gasteiger partial charge in [0.2, 0.25) is 0 Å². The molecule has 2 heterocycles. The molecule has 25 heavy (non-hydrogen) atoms. The van der Waals surface area contributed by atoms with Crippen LogP contribution in [0.4, 0.5) is 14.6 Å². The highest BCUT2D eigenvalue weighted by Crippen LogP contribution is 2.33. The number of benzene rings is 1. The van der Waals surface area contributed by atoms with Crippen LogP contribution in [0.25, 0.3) is 0 Å². The lowest BCUT2D eigenvalue weighted by Crippen LogP contribution is -2.29. The van der Waals surface area contributed by atoms with Crippen LogP contribution >= 0.6 is 0 Å². The van der Waals surface area contributed by atoms with E-state index in [1.807, 2.05) is 7.05 Å². The fourth-order valence-electron chi connectivity index (χ4n) is 3.09. The third kappa shape index (κ3) is 3.58. The lowest BCUT2D eigenvalue weighted by atomic mass is 10.00. The van der Waals surface area contributed by atoms with Crippen molar-refractivity contribution in [2.75, 3.05) is 26.0 Å². The SMILES string of the molecule is COC(=O)c1ccc(N[C@@H]2CCN(C)[C@@H]2c2ccc(F)c(F)c2)nn1. The van der Waals surface area contributed by atoms with Gasteiger partial charge in [0.15, 0.2) is 17.3 Å². The largest absolute Gasteiger partial charge is 0.464 e. The summed E-state index contributed by atoms with van der Waals surface area (Å²) in [5.41, 5.74) is 0.810. The van der Waals surface area contributed by atoms with Gasteiger partial charge in [-0.2, -0.15) is 0 Å². The molecule has 0 spiro atoms.